The number of fused-ring (bicyclic) bond motifs is 4. The van der Waals surface area contributed by atoms with Gasteiger partial charge in [-0.25, -0.2) is 14.8 Å². The maximum absolute atomic E-state index is 9.54. The maximum atomic E-state index is 9.54. The molecule has 4 aromatic carbocycles. The largest absolute Gasteiger partial charge is 0.238 e. The molecular weight excluding hydrogens is 428 g/mol. The minimum atomic E-state index is -0.118. The number of nitriles is 1. The predicted molar refractivity (Wildman–Crippen MR) is 139 cm³/mol. The highest BCUT2D eigenvalue weighted by Crippen LogP contribution is 2.51. The molecule has 0 unspecified atom stereocenters. The van der Waals surface area contributed by atoms with E-state index in [-0.39, 0.29) is 5.41 Å². The second-order valence-corrected chi connectivity index (χ2v) is 9.30. The molecule has 1 heterocycles. The lowest BCUT2D eigenvalue weighted by Gasteiger charge is -2.21. The first-order chi connectivity index (χ1) is 17.0. The highest BCUT2D eigenvalue weighted by atomic mass is 14.9. The molecule has 35 heavy (non-hydrogen) atoms. The molecule has 5 aromatic rings. The van der Waals surface area contributed by atoms with Gasteiger partial charge in [-0.2, -0.15) is 5.26 Å². The van der Waals surface area contributed by atoms with E-state index in [0.29, 0.717) is 17.1 Å². The van der Waals surface area contributed by atoms with E-state index >= 15 is 0 Å². The summed E-state index contributed by atoms with van der Waals surface area (Å²) in [6.45, 7) is 12.0. The van der Waals surface area contributed by atoms with Crippen molar-refractivity contribution in [1.29, 1.82) is 5.26 Å². The fraction of sp³-hybridized carbons (Fsp3) is 0.0968. The van der Waals surface area contributed by atoms with Crippen molar-refractivity contribution in [2.45, 2.75) is 19.3 Å². The molecule has 1 aliphatic rings. The van der Waals surface area contributed by atoms with Crippen LogP contribution in [0.2, 0.25) is 0 Å². The summed E-state index contributed by atoms with van der Waals surface area (Å²) in [6, 6.07) is 30.1. The van der Waals surface area contributed by atoms with Gasteiger partial charge in [-0.15, -0.1) is 0 Å². The van der Waals surface area contributed by atoms with Gasteiger partial charge in [0.15, 0.2) is 11.5 Å². The maximum Gasteiger partial charge on any atom is 0.189 e. The molecule has 0 atom stereocenters. The molecule has 0 radical (unpaired) electrons. The van der Waals surface area contributed by atoms with Crippen LogP contribution in [0.3, 0.4) is 0 Å². The number of hydrogen-bond acceptors (Lipinski definition) is 3. The van der Waals surface area contributed by atoms with Gasteiger partial charge in [0.2, 0.25) is 0 Å². The number of benzene rings is 4. The van der Waals surface area contributed by atoms with Gasteiger partial charge in [0.25, 0.3) is 0 Å². The number of rotatable bonds is 2. The third kappa shape index (κ3) is 3.12. The van der Waals surface area contributed by atoms with Crippen LogP contribution >= 0.6 is 0 Å². The van der Waals surface area contributed by atoms with Crippen molar-refractivity contribution in [2.75, 3.05) is 0 Å². The van der Waals surface area contributed by atoms with Crippen molar-refractivity contribution in [3.63, 3.8) is 0 Å². The van der Waals surface area contributed by atoms with Crippen LogP contribution < -0.4 is 0 Å². The van der Waals surface area contributed by atoms with Crippen LogP contribution in [0, 0.1) is 17.9 Å². The third-order valence-electron chi connectivity index (χ3n) is 6.90. The lowest BCUT2D eigenvalue weighted by atomic mass is 9.82. The molecule has 0 fully saturated rings. The van der Waals surface area contributed by atoms with Crippen LogP contribution in [0.15, 0.2) is 84.9 Å². The molecule has 1 aliphatic carbocycles. The lowest BCUT2D eigenvalue weighted by molar-refractivity contribution is 0.660. The molecular formula is C31H20N4. The molecule has 1 aromatic heterocycles. The van der Waals surface area contributed by atoms with Crippen molar-refractivity contribution in [3.05, 3.63) is 113 Å². The summed E-state index contributed by atoms with van der Waals surface area (Å²) in [5, 5.41) is 10.4. The van der Waals surface area contributed by atoms with Crippen molar-refractivity contribution in [2.24, 2.45) is 0 Å². The summed E-state index contributed by atoms with van der Waals surface area (Å²) in [5.41, 5.74) is 8.94. The zero-order valence-electron chi connectivity index (χ0n) is 19.4. The van der Waals surface area contributed by atoms with E-state index in [2.05, 4.69) is 67.2 Å². The Morgan fingerprint density at radius 1 is 0.829 bits per heavy atom. The first-order valence-corrected chi connectivity index (χ1v) is 11.4. The van der Waals surface area contributed by atoms with E-state index in [1.54, 1.807) is 18.2 Å². The number of aromatic nitrogens is 2. The molecule has 0 saturated heterocycles. The lowest BCUT2D eigenvalue weighted by Crippen LogP contribution is -2.14. The monoisotopic (exact) mass is 448 g/mol. The molecule has 6 rings (SSSR count). The normalized spacial score (nSPS) is 13.0. The van der Waals surface area contributed by atoms with Gasteiger partial charge in [0.1, 0.15) is 0 Å². The van der Waals surface area contributed by atoms with Crippen LogP contribution in [-0.2, 0) is 5.41 Å². The first kappa shape index (κ1) is 20.8. The predicted octanol–water partition coefficient (Wildman–Crippen LogP) is 7.69. The minimum Gasteiger partial charge on any atom is -0.238 e. The summed E-state index contributed by atoms with van der Waals surface area (Å²) in [5.74, 6) is 0.634. The molecule has 164 valence electrons. The Bertz CT molecular complexity index is 1720. The highest BCUT2D eigenvalue weighted by Gasteiger charge is 2.37. The molecule has 0 aliphatic heterocycles. The van der Waals surface area contributed by atoms with Crippen molar-refractivity contribution < 1.29 is 0 Å². The average Bonchev–Trinajstić information content (AvgIpc) is 3.14. The number of hydrogen-bond donors (Lipinski definition) is 0. The molecule has 4 heteroatoms. The fourth-order valence-electron chi connectivity index (χ4n) is 5.23. The smallest absolute Gasteiger partial charge is 0.189 e. The topological polar surface area (TPSA) is 53.9 Å². The van der Waals surface area contributed by atoms with E-state index in [1.165, 1.54) is 22.3 Å². The van der Waals surface area contributed by atoms with E-state index < -0.39 is 0 Å². The molecule has 0 saturated carbocycles. The molecule has 4 nitrogen and oxygen atoms in total. The van der Waals surface area contributed by atoms with E-state index in [1.807, 2.05) is 24.3 Å². The van der Waals surface area contributed by atoms with Gasteiger partial charge in [-0.3, -0.25) is 0 Å². The van der Waals surface area contributed by atoms with Crippen molar-refractivity contribution >= 4 is 16.6 Å². The van der Waals surface area contributed by atoms with Crippen LogP contribution in [0.5, 0.6) is 0 Å². The van der Waals surface area contributed by atoms with E-state index in [4.69, 9.17) is 16.5 Å². The zero-order chi connectivity index (χ0) is 24.2. The zero-order valence-corrected chi connectivity index (χ0v) is 19.4. The standard InChI is InChI=1S/C31H20N4/c1-31(2)25-12-6-4-9-22(25)28-24(11-8-13-26(28)31)30-34-27-14-7-5-10-23(27)29(35-30)20-15-19(18-32)16-21(17-20)33-3/h4-17H,1-2H3. The summed E-state index contributed by atoms with van der Waals surface area (Å²) in [6.07, 6.45) is 0. The summed E-state index contributed by atoms with van der Waals surface area (Å²) in [7, 11) is 0. The van der Waals surface area contributed by atoms with E-state index in [9.17, 15) is 5.26 Å². The van der Waals surface area contributed by atoms with Crippen molar-refractivity contribution in [1.82, 2.24) is 9.97 Å². The van der Waals surface area contributed by atoms with Crippen LogP contribution in [0.25, 0.3) is 49.5 Å². The summed E-state index contributed by atoms with van der Waals surface area (Å²) in [4.78, 5) is 13.6. The van der Waals surface area contributed by atoms with Gasteiger partial charge in [0, 0.05) is 21.9 Å². The van der Waals surface area contributed by atoms with Gasteiger partial charge in [0.05, 0.1) is 23.9 Å². The number of para-hydroxylation sites is 1. The van der Waals surface area contributed by atoms with E-state index in [0.717, 1.165) is 27.7 Å². The van der Waals surface area contributed by atoms with Gasteiger partial charge in [-0.1, -0.05) is 74.5 Å². The Morgan fingerprint density at radius 2 is 1.57 bits per heavy atom. The van der Waals surface area contributed by atoms with Gasteiger partial charge >= 0.3 is 0 Å². The third-order valence-corrected chi connectivity index (χ3v) is 6.90. The first-order valence-electron chi connectivity index (χ1n) is 11.4. The Morgan fingerprint density at radius 3 is 2.40 bits per heavy atom. The Hall–Kier alpha value is -4.80. The second kappa shape index (κ2) is 7.62. The molecule has 0 N–H and O–H groups in total. The minimum absolute atomic E-state index is 0.118. The fourth-order valence-corrected chi connectivity index (χ4v) is 5.23. The summed E-state index contributed by atoms with van der Waals surface area (Å²) >= 11 is 0. The van der Waals surface area contributed by atoms with Crippen molar-refractivity contribution in [3.8, 4) is 39.8 Å². The van der Waals surface area contributed by atoms with Crippen LogP contribution in [0.1, 0.15) is 30.5 Å². The van der Waals surface area contributed by atoms with Crippen LogP contribution in [-0.4, -0.2) is 9.97 Å². The summed E-state index contributed by atoms with van der Waals surface area (Å²) < 4.78 is 0. The Balaban J connectivity index is 1.67. The molecule has 0 bridgehead atoms. The van der Waals surface area contributed by atoms with Gasteiger partial charge < -0.3 is 0 Å². The molecule has 0 amide bonds. The number of nitrogens with zero attached hydrogens (tertiary/aromatic N) is 4. The van der Waals surface area contributed by atoms with Crippen LogP contribution in [0.4, 0.5) is 5.69 Å². The quantitative estimate of drug-likeness (QED) is 0.260. The average molecular weight is 449 g/mol. The highest BCUT2D eigenvalue weighted by molar-refractivity contribution is 5.97. The Kier molecular flexibility index (Phi) is 4.53. The Labute approximate surface area is 204 Å². The molecule has 0 spiro atoms. The second-order valence-electron chi connectivity index (χ2n) is 9.30. The van der Waals surface area contributed by atoms with Gasteiger partial charge in [-0.05, 0) is 52.1 Å². The SMILES string of the molecule is [C-]#[N+]c1cc(C#N)cc(-c2nc(-c3cccc4c3-c3ccccc3C4(C)C)nc3ccccc23)c1.